The number of alkyl halides is 2. The van der Waals surface area contributed by atoms with Gasteiger partial charge in [0.05, 0.1) is 5.56 Å². The number of halogens is 2. The molecule has 0 atom stereocenters. The Kier molecular flexibility index (Phi) is 6.88. The smallest absolute Gasteiger partial charge is 0.387 e. The van der Waals surface area contributed by atoms with Crippen LogP contribution < -0.4 is 10.1 Å². The normalized spacial score (nSPS) is 10.4. The van der Waals surface area contributed by atoms with Gasteiger partial charge in [-0.15, -0.1) is 0 Å². The summed E-state index contributed by atoms with van der Waals surface area (Å²) in [6, 6.07) is 14.7. The van der Waals surface area contributed by atoms with Gasteiger partial charge in [0.2, 0.25) is 0 Å². The van der Waals surface area contributed by atoms with Gasteiger partial charge >= 0.3 is 12.6 Å². The Labute approximate surface area is 143 Å². The molecule has 2 aromatic carbocycles. The fourth-order valence-electron chi connectivity index (χ4n) is 2.03. The van der Waals surface area contributed by atoms with Crippen LogP contribution >= 0.6 is 0 Å². The van der Waals surface area contributed by atoms with E-state index in [1.54, 1.807) is 0 Å². The van der Waals surface area contributed by atoms with E-state index in [1.165, 1.54) is 24.3 Å². The minimum atomic E-state index is -2.93. The van der Waals surface area contributed by atoms with E-state index < -0.39 is 25.1 Å². The molecule has 1 N–H and O–H groups in total. The lowest BCUT2D eigenvalue weighted by Gasteiger charge is -2.08. The lowest BCUT2D eigenvalue weighted by Crippen LogP contribution is -2.30. The van der Waals surface area contributed by atoms with Crippen LogP contribution in [0.2, 0.25) is 0 Å². The summed E-state index contributed by atoms with van der Waals surface area (Å²) < 4.78 is 33.1. The van der Waals surface area contributed by atoms with Crippen LogP contribution in [0.1, 0.15) is 15.9 Å². The number of carbonyl (C=O) groups is 2. The summed E-state index contributed by atoms with van der Waals surface area (Å²) in [5.74, 6) is -1.20. The summed E-state index contributed by atoms with van der Waals surface area (Å²) in [6.45, 7) is -2.92. The largest absolute Gasteiger partial charge is 0.452 e. The molecule has 0 aliphatic heterocycles. The fraction of sp³-hybridized carbons (Fsp3) is 0.222. The summed E-state index contributed by atoms with van der Waals surface area (Å²) in [5.41, 5.74) is 1.23. The molecule has 2 aromatic rings. The van der Waals surface area contributed by atoms with Crippen molar-refractivity contribution in [3.05, 3.63) is 65.7 Å². The molecule has 0 fully saturated rings. The zero-order valence-electron chi connectivity index (χ0n) is 13.3. The average molecular weight is 349 g/mol. The first-order valence-electron chi connectivity index (χ1n) is 7.57. The van der Waals surface area contributed by atoms with E-state index in [0.29, 0.717) is 13.0 Å². The molecule has 0 aliphatic rings. The number of rotatable bonds is 8. The standard InChI is InChI=1S/C18H17F2NO4/c19-18(20)25-15-8-6-14(7-9-15)17(23)24-12-16(22)21-11-10-13-4-2-1-3-5-13/h1-9,18H,10-12H2,(H,21,22). The quantitative estimate of drug-likeness (QED) is 0.745. The molecule has 0 saturated heterocycles. The average Bonchev–Trinajstić information content (AvgIpc) is 2.61. The highest BCUT2D eigenvalue weighted by Crippen LogP contribution is 2.15. The van der Waals surface area contributed by atoms with Gasteiger partial charge in [0, 0.05) is 6.54 Å². The van der Waals surface area contributed by atoms with Gasteiger partial charge in [0.15, 0.2) is 6.61 Å². The van der Waals surface area contributed by atoms with Crippen molar-refractivity contribution in [1.29, 1.82) is 0 Å². The van der Waals surface area contributed by atoms with E-state index in [4.69, 9.17) is 4.74 Å². The summed E-state index contributed by atoms with van der Waals surface area (Å²) in [5, 5.41) is 2.65. The molecule has 132 valence electrons. The molecule has 5 nitrogen and oxygen atoms in total. The molecule has 0 bridgehead atoms. The zero-order chi connectivity index (χ0) is 18.1. The monoisotopic (exact) mass is 349 g/mol. The lowest BCUT2D eigenvalue weighted by molar-refractivity contribution is -0.124. The van der Waals surface area contributed by atoms with Crippen molar-refractivity contribution in [2.45, 2.75) is 13.0 Å². The highest BCUT2D eigenvalue weighted by atomic mass is 19.3. The number of hydrogen-bond acceptors (Lipinski definition) is 4. The van der Waals surface area contributed by atoms with Crippen molar-refractivity contribution in [1.82, 2.24) is 5.32 Å². The summed E-state index contributed by atoms with van der Waals surface area (Å²) in [4.78, 5) is 23.4. The topological polar surface area (TPSA) is 64.6 Å². The molecule has 0 aliphatic carbocycles. The van der Waals surface area contributed by atoms with Crippen molar-refractivity contribution in [3.8, 4) is 5.75 Å². The third-order valence-corrected chi connectivity index (χ3v) is 3.23. The van der Waals surface area contributed by atoms with Crippen LogP contribution in [-0.4, -0.2) is 31.6 Å². The molecule has 2 rings (SSSR count). The number of amides is 1. The number of ether oxygens (including phenoxy) is 2. The molecule has 0 spiro atoms. The first-order valence-corrected chi connectivity index (χ1v) is 7.57. The van der Waals surface area contributed by atoms with Crippen molar-refractivity contribution in [3.63, 3.8) is 0 Å². The molecular weight excluding hydrogens is 332 g/mol. The van der Waals surface area contributed by atoms with Crippen LogP contribution in [0.5, 0.6) is 5.75 Å². The Morgan fingerprint density at radius 2 is 1.68 bits per heavy atom. The fourth-order valence-corrected chi connectivity index (χ4v) is 2.03. The van der Waals surface area contributed by atoms with Crippen LogP contribution in [0.3, 0.4) is 0 Å². The van der Waals surface area contributed by atoms with Gasteiger partial charge in [-0.25, -0.2) is 4.79 Å². The van der Waals surface area contributed by atoms with Crippen molar-refractivity contribution in [2.24, 2.45) is 0 Å². The SMILES string of the molecule is O=C(COC(=O)c1ccc(OC(F)F)cc1)NCCc1ccccc1. The Morgan fingerprint density at radius 1 is 1.00 bits per heavy atom. The number of carbonyl (C=O) groups excluding carboxylic acids is 2. The van der Waals surface area contributed by atoms with Gasteiger partial charge in [-0.1, -0.05) is 30.3 Å². The molecule has 0 heterocycles. The maximum absolute atomic E-state index is 12.0. The van der Waals surface area contributed by atoms with Crippen LogP contribution in [0, 0.1) is 0 Å². The second kappa shape index (κ2) is 9.36. The van der Waals surface area contributed by atoms with Crippen LogP contribution in [-0.2, 0) is 16.0 Å². The van der Waals surface area contributed by atoms with E-state index in [1.807, 2.05) is 30.3 Å². The summed E-state index contributed by atoms with van der Waals surface area (Å²) >= 11 is 0. The Hall–Kier alpha value is -2.96. The second-order valence-corrected chi connectivity index (χ2v) is 5.06. The number of hydrogen-bond donors (Lipinski definition) is 1. The van der Waals surface area contributed by atoms with Crippen molar-refractivity contribution in [2.75, 3.05) is 13.2 Å². The van der Waals surface area contributed by atoms with Gasteiger partial charge in [-0.05, 0) is 36.2 Å². The highest BCUT2D eigenvalue weighted by Gasteiger charge is 2.11. The minimum absolute atomic E-state index is 0.0646. The van der Waals surface area contributed by atoms with Crippen LogP contribution in [0.4, 0.5) is 8.78 Å². The van der Waals surface area contributed by atoms with Gasteiger partial charge in [-0.3, -0.25) is 4.79 Å². The van der Waals surface area contributed by atoms with Gasteiger partial charge in [0.1, 0.15) is 5.75 Å². The van der Waals surface area contributed by atoms with Gasteiger partial charge in [0.25, 0.3) is 5.91 Å². The predicted molar refractivity (Wildman–Crippen MR) is 86.5 cm³/mol. The zero-order valence-corrected chi connectivity index (χ0v) is 13.3. The maximum Gasteiger partial charge on any atom is 0.387 e. The Morgan fingerprint density at radius 3 is 2.32 bits per heavy atom. The van der Waals surface area contributed by atoms with Crippen molar-refractivity contribution >= 4 is 11.9 Å². The molecule has 7 heteroatoms. The second-order valence-electron chi connectivity index (χ2n) is 5.06. The number of benzene rings is 2. The Bertz CT molecular complexity index is 690. The third-order valence-electron chi connectivity index (χ3n) is 3.23. The summed E-state index contributed by atoms with van der Waals surface area (Å²) in [6.07, 6.45) is 0.673. The summed E-state index contributed by atoms with van der Waals surface area (Å²) in [7, 11) is 0. The highest BCUT2D eigenvalue weighted by molar-refractivity contribution is 5.91. The molecule has 0 saturated carbocycles. The first-order chi connectivity index (χ1) is 12.0. The molecule has 0 unspecified atom stereocenters. The van der Waals surface area contributed by atoms with Crippen LogP contribution in [0.25, 0.3) is 0 Å². The van der Waals surface area contributed by atoms with E-state index in [0.717, 1.165) is 5.56 Å². The lowest BCUT2D eigenvalue weighted by atomic mass is 10.1. The van der Waals surface area contributed by atoms with E-state index in [2.05, 4.69) is 10.1 Å². The first kappa shape index (κ1) is 18.4. The number of nitrogens with one attached hydrogen (secondary N) is 1. The molecule has 25 heavy (non-hydrogen) atoms. The predicted octanol–water partition coefficient (Wildman–Crippen LogP) is 2.80. The maximum atomic E-state index is 12.0. The van der Waals surface area contributed by atoms with Crippen LogP contribution in [0.15, 0.2) is 54.6 Å². The van der Waals surface area contributed by atoms with Gasteiger partial charge < -0.3 is 14.8 Å². The van der Waals surface area contributed by atoms with Crippen molar-refractivity contribution < 1.29 is 27.8 Å². The molecule has 1 amide bonds. The third kappa shape index (κ3) is 6.58. The molecular formula is C18H17F2NO4. The Balaban J connectivity index is 1.70. The van der Waals surface area contributed by atoms with E-state index in [9.17, 15) is 18.4 Å². The molecule has 0 radical (unpaired) electrons. The minimum Gasteiger partial charge on any atom is -0.452 e. The van der Waals surface area contributed by atoms with E-state index in [-0.39, 0.29) is 11.3 Å². The molecule has 0 aromatic heterocycles. The van der Waals surface area contributed by atoms with Gasteiger partial charge in [-0.2, -0.15) is 8.78 Å². The number of esters is 1. The van der Waals surface area contributed by atoms with E-state index >= 15 is 0 Å².